The summed E-state index contributed by atoms with van der Waals surface area (Å²) in [5.74, 6) is 2.31. The number of benzene rings is 2. The molecule has 128 valence electrons. The van der Waals surface area contributed by atoms with Crippen LogP contribution in [-0.4, -0.2) is 24.4 Å². The number of rotatable bonds is 3. The Balaban J connectivity index is 2.15. The van der Waals surface area contributed by atoms with E-state index in [4.69, 9.17) is 9.47 Å². The lowest BCUT2D eigenvalue weighted by molar-refractivity contribution is 0.319. The smallest absolute Gasteiger partial charge is 0.160 e. The third-order valence-corrected chi connectivity index (χ3v) is 5.30. The molecule has 4 heteroatoms. The van der Waals surface area contributed by atoms with Gasteiger partial charge >= 0.3 is 0 Å². The third kappa shape index (κ3) is 2.66. The van der Waals surface area contributed by atoms with Crippen molar-refractivity contribution in [3.63, 3.8) is 0 Å². The summed E-state index contributed by atoms with van der Waals surface area (Å²) in [6, 6.07) is 9.25. The van der Waals surface area contributed by atoms with E-state index < -0.39 is 0 Å². The van der Waals surface area contributed by atoms with E-state index in [-0.39, 0.29) is 17.4 Å². The van der Waals surface area contributed by atoms with Gasteiger partial charge in [-0.2, -0.15) is 0 Å². The molecule has 0 spiro atoms. The quantitative estimate of drug-likeness (QED) is 0.891. The first-order valence-corrected chi connectivity index (χ1v) is 8.23. The topological polar surface area (TPSA) is 58.9 Å². The van der Waals surface area contributed by atoms with Crippen LogP contribution in [0.15, 0.2) is 30.3 Å². The normalized spacial score (nSPS) is 22.8. The van der Waals surface area contributed by atoms with Crippen molar-refractivity contribution in [1.82, 2.24) is 0 Å². The fraction of sp³-hybridized carbons (Fsp3) is 0.400. The summed E-state index contributed by atoms with van der Waals surface area (Å²) >= 11 is 0. The van der Waals surface area contributed by atoms with E-state index in [1.54, 1.807) is 20.3 Å². The number of methoxy groups -OCH3 is 2. The van der Waals surface area contributed by atoms with Crippen molar-refractivity contribution in [2.24, 2.45) is 11.8 Å². The molecule has 0 unspecified atom stereocenters. The van der Waals surface area contributed by atoms with E-state index in [0.29, 0.717) is 23.3 Å². The van der Waals surface area contributed by atoms with Crippen LogP contribution >= 0.6 is 0 Å². The predicted octanol–water partition coefficient (Wildman–Crippen LogP) is 4.08. The van der Waals surface area contributed by atoms with E-state index >= 15 is 0 Å². The van der Waals surface area contributed by atoms with Gasteiger partial charge in [0.1, 0.15) is 0 Å². The van der Waals surface area contributed by atoms with Crippen LogP contribution in [-0.2, 0) is 6.42 Å². The van der Waals surface area contributed by atoms with Crippen LogP contribution in [0.4, 0.5) is 0 Å². The van der Waals surface area contributed by atoms with Crippen molar-refractivity contribution in [3.8, 4) is 23.0 Å². The summed E-state index contributed by atoms with van der Waals surface area (Å²) in [5, 5.41) is 20.1. The van der Waals surface area contributed by atoms with Crippen LogP contribution in [0, 0.1) is 11.8 Å². The first kappa shape index (κ1) is 16.5. The second kappa shape index (κ2) is 6.27. The average Bonchev–Trinajstić information content (AvgIpc) is 2.57. The number of fused-ring (bicyclic) bond motifs is 1. The van der Waals surface area contributed by atoms with E-state index in [2.05, 4.69) is 13.8 Å². The van der Waals surface area contributed by atoms with Crippen LogP contribution in [0.25, 0.3) is 0 Å². The zero-order valence-electron chi connectivity index (χ0n) is 14.5. The van der Waals surface area contributed by atoms with Crippen molar-refractivity contribution in [3.05, 3.63) is 47.0 Å². The minimum atomic E-state index is 0.134. The molecular formula is C20H24O4. The molecule has 0 bridgehead atoms. The molecule has 3 atom stereocenters. The first-order valence-electron chi connectivity index (χ1n) is 8.23. The van der Waals surface area contributed by atoms with Gasteiger partial charge in [-0.25, -0.2) is 0 Å². The molecule has 2 aromatic rings. The van der Waals surface area contributed by atoms with Gasteiger partial charge in [0.25, 0.3) is 0 Å². The molecule has 1 aliphatic carbocycles. The Bertz CT molecular complexity index is 754. The molecule has 2 aromatic carbocycles. The highest BCUT2D eigenvalue weighted by Gasteiger charge is 2.34. The van der Waals surface area contributed by atoms with Gasteiger partial charge in [0, 0.05) is 5.92 Å². The summed E-state index contributed by atoms with van der Waals surface area (Å²) in [5.41, 5.74) is 3.40. The van der Waals surface area contributed by atoms with Crippen molar-refractivity contribution >= 4 is 0 Å². The van der Waals surface area contributed by atoms with Crippen LogP contribution in [0.1, 0.15) is 36.5 Å². The molecular weight excluding hydrogens is 304 g/mol. The third-order valence-electron chi connectivity index (χ3n) is 5.30. The largest absolute Gasteiger partial charge is 0.504 e. The summed E-state index contributed by atoms with van der Waals surface area (Å²) < 4.78 is 10.5. The Labute approximate surface area is 142 Å². The number of phenolic OH excluding ortho intramolecular Hbond substituents is 2. The van der Waals surface area contributed by atoms with Gasteiger partial charge in [0.05, 0.1) is 14.2 Å². The van der Waals surface area contributed by atoms with Crippen LogP contribution in [0.5, 0.6) is 23.0 Å². The molecule has 0 fully saturated rings. The number of hydrogen-bond acceptors (Lipinski definition) is 4. The number of aromatic hydroxyl groups is 2. The Morgan fingerprint density at radius 3 is 2.25 bits per heavy atom. The molecule has 0 amide bonds. The van der Waals surface area contributed by atoms with Crippen LogP contribution in [0.3, 0.4) is 0 Å². The summed E-state index contributed by atoms with van der Waals surface area (Å²) in [6.07, 6.45) is 0.957. The monoisotopic (exact) mass is 328 g/mol. The summed E-state index contributed by atoms with van der Waals surface area (Å²) in [7, 11) is 3.12. The molecule has 2 N–H and O–H groups in total. The molecule has 0 saturated carbocycles. The predicted molar refractivity (Wildman–Crippen MR) is 93.2 cm³/mol. The van der Waals surface area contributed by atoms with Gasteiger partial charge in [-0.1, -0.05) is 19.9 Å². The van der Waals surface area contributed by atoms with Crippen molar-refractivity contribution in [1.29, 1.82) is 0 Å². The number of hydrogen-bond donors (Lipinski definition) is 2. The maximum atomic E-state index is 10.2. The molecule has 3 rings (SSSR count). The first-order chi connectivity index (χ1) is 11.5. The molecule has 0 radical (unpaired) electrons. The summed E-state index contributed by atoms with van der Waals surface area (Å²) in [4.78, 5) is 0. The molecule has 0 saturated heterocycles. The van der Waals surface area contributed by atoms with Gasteiger partial charge in [0.2, 0.25) is 0 Å². The lowest BCUT2D eigenvalue weighted by Gasteiger charge is -2.37. The highest BCUT2D eigenvalue weighted by molar-refractivity contribution is 5.53. The molecule has 4 nitrogen and oxygen atoms in total. The second-order valence-corrected chi connectivity index (χ2v) is 6.67. The molecule has 0 aromatic heterocycles. The second-order valence-electron chi connectivity index (χ2n) is 6.67. The lowest BCUT2D eigenvalue weighted by Crippen LogP contribution is -2.26. The highest BCUT2D eigenvalue weighted by atomic mass is 16.5. The Morgan fingerprint density at radius 1 is 0.917 bits per heavy atom. The Kier molecular flexibility index (Phi) is 4.31. The van der Waals surface area contributed by atoms with E-state index in [9.17, 15) is 10.2 Å². The standard InChI is InChI=1S/C20H24O4/c1-11-7-14-9-19(24-4)17(22)10-15(14)20(12(11)2)13-5-6-16(21)18(8-13)23-3/h5-6,8-12,20-22H,7H2,1-4H3/t11-,12-,20-/m1/s1. The highest BCUT2D eigenvalue weighted by Crippen LogP contribution is 2.47. The van der Waals surface area contributed by atoms with Gasteiger partial charge in [0.15, 0.2) is 23.0 Å². The fourth-order valence-electron chi connectivity index (χ4n) is 3.77. The van der Waals surface area contributed by atoms with E-state index in [1.165, 1.54) is 5.56 Å². The zero-order valence-corrected chi connectivity index (χ0v) is 14.5. The average molecular weight is 328 g/mol. The van der Waals surface area contributed by atoms with Crippen molar-refractivity contribution in [2.45, 2.75) is 26.2 Å². The maximum Gasteiger partial charge on any atom is 0.160 e. The Hall–Kier alpha value is -2.36. The number of ether oxygens (including phenoxy) is 2. The van der Waals surface area contributed by atoms with E-state index in [1.807, 2.05) is 24.3 Å². The van der Waals surface area contributed by atoms with Gasteiger partial charge in [-0.05, 0) is 59.2 Å². The van der Waals surface area contributed by atoms with Crippen molar-refractivity contribution in [2.75, 3.05) is 14.2 Å². The van der Waals surface area contributed by atoms with Crippen LogP contribution < -0.4 is 9.47 Å². The van der Waals surface area contributed by atoms with Crippen LogP contribution in [0.2, 0.25) is 0 Å². The lowest BCUT2D eigenvalue weighted by atomic mass is 9.68. The van der Waals surface area contributed by atoms with Gasteiger partial charge < -0.3 is 19.7 Å². The minimum Gasteiger partial charge on any atom is -0.504 e. The minimum absolute atomic E-state index is 0.134. The van der Waals surface area contributed by atoms with Gasteiger partial charge in [-0.15, -0.1) is 0 Å². The van der Waals surface area contributed by atoms with E-state index in [0.717, 1.165) is 17.5 Å². The Morgan fingerprint density at radius 2 is 1.58 bits per heavy atom. The fourth-order valence-corrected chi connectivity index (χ4v) is 3.77. The maximum absolute atomic E-state index is 10.2. The molecule has 24 heavy (non-hydrogen) atoms. The molecule has 1 aliphatic rings. The molecule has 0 aliphatic heterocycles. The summed E-state index contributed by atoms with van der Waals surface area (Å²) in [6.45, 7) is 4.48. The van der Waals surface area contributed by atoms with Gasteiger partial charge in [-0.3, -0.25) is 0 Å². The number of phenols is 2. The SMILES string of the molecule is COc1cc([C@@H]2c3cc(O)c(OC)cc3C[C@@H](C)[C@H]2C)ccc1O. The zero-order chi connectivity index (χ0) is 17.4. The molecule has 0 heterocycles. The van der Waals surface area contributed by atoms with Crippen molar-refractivity contribution < 1.29 is 19.7 Å².